The molecule has 1 N–H and O–H groups in total. The topological polar surface area (TPSA) is 120 Å². The lowest BCUT2D eigenvalue weighted by molar-refractivity contribution is -0.384. The van der Waals surface area contributed by atoms with Crippen molar-refractivity contribution in [3.63, 3.8) is 0 Å². The van der Waals surface area contributed by atoms with Crippen LogP contribution < -0.4 is 14.9 Å². The third kappa shape index (κ3) is 7.41. The van der Waals surface area contributed by atoms with Crippen molar-refractivity contribution in [1.29, 1.82) is 0 Å². The zero-order valence-electron chi connectivity index (χ0n) is 18.2. The van der Waals surface area contributed by atoms with Crippen molar-refractivity contribution in [1.82, 2.24) is 5.43 Å². The average Bonchev–Trinajstić information content (AvgIpc) is 2.84. The Morgan fingerprint density at radius 1 is 0.941 bits per heavy atom. The fourth-order valence-electron chi connectivity index (χ4n) is 2.67. The number of nitro benzene ring substituents is 1. The predicted octanol–water partition coefficient (Wildman–Crippen LogP) is 4.13. The van der Waals surface area contributed by atoms with Gasteiger partial charge >= 0.3 is 5.97 Å². The highest BCUT2D eigenvalue weighted by Gasteiger charge is 2.14. The lowest BCUT2D eigenvalue weighted by Gasteiger charge is -2.12. The molecule has 1 amide bonds. The van der Waals surface area contributed by atoms with Crippen LogP contribution in [0.3, 0.4) is 0 Å². The largest absolute Gasteiger partial charge is 0.481 e. The van der Waals surface area contributed by atoms with E-state index in [9.17, 15) is 19.7 Å². The number of non-ortho nitro benzene ring substituents is 1. The number of hydrogen-bond acceptors (Lipinski definition) is 7. The van der Waals surface area contributed by atoms with Gasteiger partial charge in [0.25, 0.3) is 11.6 Å². The molecular formula is C25H21N3O6. The van der Waals surface area contributed by atoms with Crippen molar-refractivity contribution in [2.45, 2.75) is 13.0 Å². The van der Waals surface area contributed by atoms with Crippen LogP contribution in [-0.2, 0) is 9.59 Å². The molecule has 3 aromatic rings. The molecule has 172 valence electrons. The maximum atomic E-state index is 12.1. The van der Waals surface area contributed by atoms with Crippen LogP contribution in [0.4, 0.5) is 5.69 Å². The molecule has 0 aliphatic heterocycles. The third-order valence-corrected chi connectivity index (χ3v) is 4.43. The second-order valence-corrected chi connectivity index (χ2v) is 6.98. The molecule has 0 fully saturated rings. The molecule has 1 atom stereocenters. The minimum atomic E-state index is -0.871. The first-order chi connectivity index (χ1) is 16.4. The Morgan fingerprint density at radius 2 is 1.59 bits per heavy atom. The number of esters is 1. The van der Waals surface area contributed by atoms with Crippen LogP contribution in [0.15, 0.2) is 90.0 Å². The number of hydrazone groups is 1. The maximum Gasteiger partial charge on any atom is 0.336 e. The van der Waals surface area contributed by atoms with Crippen molar-refractivity contribution in [2.24, 2.45) is 5.10 Å². The molecule has 0 saturated carbocycles. The number of nitrogens with zero attached hydrogens (tertiary/aromatic N) is 2. The van der Waals surface area contributed by atoms with E-state index in [0.717, 1.165) is 5.56 Å². The van der Waals surface area contributed by atoms with Crippen molar-refractivity contribution in [2.75, 3.05) is 0 Å². The molecule has 0 saturated heterocycles. The summed E-state index contributed by atoms with van der Waals surface area (Å²) in [6.07, 6.45) is 3.57. The Morgan fingerprint density at radius 3 is 2.24 bits per heavy atom. The minimum absolute atomic E-state index is 0.0708. The molecule has 1 unspecified atom stereocenters. The first-order valence-corrected chi connectivity index (χ1v) is 10.2. The average molecular weight is 459 g/mol. The monoisotopic (exact) mass is 459 g/mol. The Bertz CT molecular complexity index is 1190. The van der Waals surface area contributed by atoms with Gasteiger partial charge in [0.2, 0.25) is 0 Å². The summed E-state index contributed by atoms with van der Waals surface area (Å²) in [7, 11) is 0. The summed E-state index contributed by atoms with van der Waals surface area (Å²) in [5.74, 6) is -0.306. The summed E-state index contributed by atoms with van der Waals surface area (Å²) in [6, 6.07) is 21.4. The van der Waals surface area contributed by atoms with Crippen LogP contribution in [0.5, 0.6) is 11.5 Å². The van der Waals surface area contributed by atoms with Crippen LogP contribution in [0, 0.1) is 10.1 Å². The van der Waals surface area contributed by atoms with Crippen molar-refractivity contribution >= 4 is 29.9 Å². The fraction of sp³-hybridized carbons (Fsp3) is 0.0800. The summed E-state index contributed by atoms with van der Waals surface area (Å²) in [4.78, 5) is 34.2. The molecule has 3 aromatic carbocycles. The van der Waals surface area contributed by atoms with Gasteiger partial charge in [-0.2, -0.15) is 5.10 Å². The normalized spacial score (nSPS) is 11.8. The Labute approximate surface area is 195 Å². The van der Waals surface area contributed by atoms with Crippen molar-refractivity contribution in [3.8, 4) is 11.5 Å². The van der Waals surface area contributed by atoms with E-state index in [1.54, 1.807) is 30.3 Å². The summed E-state index contributed by atoms with van der Waals surface area (Å²) in [5.41, 5.74) is 3.85. The molecule has 3 rings (SSSR count). The fourth-order valence-corrected chi connectivity index (χ4v) is 2.67. The summed E-state index contributed by atoms with van der Waals surface area (Å²) < 4.78 is 10.7. The van der Waals surface area contributed by atoms with Crippen LogP contribution in [0.25, 0.3) is 6.08 Å². The van der Waals surface area contributed by atoms with Crippen molar-refractivity contribution in [3.05, 3.63) is 106 Å². The highest BCUT2D eigenvalue weighted by atomic mass is 16.6. The lowest BCUT2D eigenvalue weighted by atomic mass is 10.2. The molecule has 0 radical (unpaired) electrons. The third-order valence-electron chi connectivity index (χ3n) is 4.43. The molecule has 0 aromatic heterocycles. The molecule has 0 aliphatic carbocycles. The highest BCUT2D eigenvalue weighted by molar-refractivity contribution is 5.89. The molecule has 0 aliphatic rings. The van der Waals surface area contributed by atoms with Crippen LogP contribution >= 0.6 is 0 Å². The number of amides is 1. The summed E-state index contributed by atoms with van der Waals surface area (Å²) in [5, 5.41) is 14.6. The second-order valence-electron chi connectivity index (χ2n) is 6.98. The number of benzene rings is 3. The van der Waals surface area contributed by atoms with E-state index < -0.39 is 22.9 Å². The zero-order valence-corrected chi connectivity index (χ0v) is 18.2. The van der Waals surface area contributed by atoms with E-state index in [1.807, 2.05) is 30.3 Å². The number of nitro groups is 1. The number of rotatable bonds is 9. The molecule has 34 heavy (non-hydrogen) atoms. The van der Waals surface area contributed by atoms with Gasteiger partial charge in [0.1, 0.15) is 11.5 Å². The van der Waals surface area contributed by atoms with Gasteiger partial charge in [-0.3, -0.25) is 14.9 Å². The van der Waals surface area contributed by atoms with Crippen LogP contribution in [0.2, 0.25) is 0 Å². The van der Waals surface area contributed by atoms with Gasteiger partial charge in [-0.05, 0) is 60.5 Å². The van der Waals surface area contributed by atoms with Gasteiger partial charge in [-0.15, -0.1) is 0 Å². The molecule has 0 bridgehead atoms. The maximum absolute atomic E-state index is 12.1. The second kappa shape index (κ2) is 11.7. The predicted molar refractivity (Wildman–Crippen MR) is 126 cm³/mol. The van der Waals surface area contributed by atoms with Gasteiger partial charge in [0.05, 0.1) is 11.1 Å². The first-order valence-electron chi connectivity index (χ1n) is 10.2. The van der Waals surface area contributed by atoms with Gasteiger partial charge < -0.3 is 9.47 Å². The first kappa shape index (κ1) is 23.9. The smallest absolute Gasteiger partial charge is 0.336 e. The van der Waals surface area contributed by atoms with Crippen LogP contribution in [0.1, 0.15) is 18.1 Å². The lowest BCUT2D eigenvalue weighted by Crippen LogP contribution is -2.33. The van der Waals surface area contributed by atoms with Gasteiger partial charge in [-0.25, -0.2) is 10.2 Å². The summed E-state index contributed by atoms with van der Waals surface area (Å²) >= 11 is 0. The number of nitrogens with one attached hydrogen (secondary N) is 1. The Kier molecular flexibility index (Phi) is 8.23. The zero-order chi connectivity index (χ0) is 24.3. The SMILES string of the molecule is CC(Oc1ccc([N+](=O)[O-])cc1)C(=O)N/N=C/c1ccc(OC(=O)/C=C/c2ccccc2)cc1. The standard InChI is InChI=1S/C25H21N3O6/c1-18(33-22-14-10-21(11-15-22)28(31)32)25(30)27-26-17-20-7-12-23(13-8-20)34-24(29)16-9-19-5-3-2-4-6-19/h2-18H,1H3,(H,27,30)/b16-9+,26-17+. The van der Waals surface area contributed by atoms with Gasteiger partial charge in [-0.1, -0.05) is 30.3 Å². The van der Waals surface area contributed by atoms with E-state index in [2.05, 4.69) is 10.5 Å². The number of ether oxygens (including phenoxy) is 2. The van der Waals surface area contributed by atoms with E-state index in [4.69, 9.17) is 9.47 Å². The molecule has 9 nitrogen and oxygen atoms in total. The van der Waals surface area contributed by atoms with E-state index in [-0.39, 0.29) is 5.69 Å². The van der Waals surface area contributed by atoms with Gasteiger partial charge in [0, 0.05) is 18.2 Å². The molecule has 9 heteroatoms. The molecule has 0 spiro atoms. The number of hydrogen-bond donors (Lipinski definition) is 1. The van der Waals surface area contributed by atoms with Gasteiger partial charge in [0.15, 0.2) is 6.10 Å². The van der Waals surface area contributed by atoms with E-state index >= 15 is 0 Å². The highest BCUT2D eigenvalue weighted by Crippen LogP contribution is 2.18. The molecule has 0 heterocycles. The summed E-state index contributed by atoms with van der Waals surface area (Å²) in [6.45, 7) is 1.53. The Balaban J connectivity index is 1.46. The van der Waals surface area contributed by atoms with E-state index in [1.165, 1.54) is 43.5 Å². The van der Waals surface area contributed by atoms with E-state index in [0.29, 0.717) is 17.1 Å². The number of carbonyl (C=O) groups is 2. The Hall–Kier alpha value is -4.79. The molecular weight excluding hydrogens is 438 g/mol. The van der Waals surface area contributed by atoms with Crippen molar-refractivity contribution < 1.29 is 24.0 Å². The number of carbonyl (C=O) groups excluding carboxylic acids is 2. The quantitative estimate of drug-likeness (QED) is 0.128. The van der Waals surface area contributed by atoms with Crippen LogP contribution in [-0.4, -0.2) is 29.1 Å². The minimum Gasteiger partial charge on any atom is -0.481 e.